The van der Waals surface area contributed by atoms with Gasteiger partial charge in [-0.25, -0.2) is 4.79 Å². The SMILES string of the molecule is C=CC(=O)OC(C)(C)/C=C/CCC(C=C)CC=C(C)C. The third kappa shape index (κ3) is 9.37. The van der Waals surface area contributed by atoms with Crippen LogP contribution < -0.4 is 0 Å². The van der Waals surface area contributed by atoms with Crippen LogP contribution in [0, 0.1) is 5.92 Å². The van der Waals surface area contributed by atoms with Gasteiger partial charge in [0.15, 0.2) is 0 Å². The molecule has 20 heavy (non-hydrogen) atoms. The fraction of sp³-hybridized carbons (Fsp3) is 0.500. The highest BCUT2D eigenvalue weighted by Crippen LogP contribution is 2.17. The summed E-state index contributed by atoms with van der Waals surface area (Å²) in [6.07, 6.45) is 12.5. The summed E-state index contributed by atoms with van der Waals surface area (Å²) in [5.41, 5.74) is 0.749. The number of carbonyl (C=O) groups excluding carboxylic acids is 1. The highest BCUT2D eigenvalue weighted by molar-refractivity contribution is 5.81. The van der Waals surface area contributed by atoms with Crippen LogP contribution in [0.3, 0.4) is 0 Å². The summed E-state index contributed by atoms with van der Waals surface area (Å²) < 4.78 is 5.23. The van der Waals surface area contributed by atoms with Crippen molar-refractivity contribution in [1.29, 1.82) is 0 Å². The molecule has 0 saturated carbocycles. The molecular weight excluding hydrogens is 248 g/mol. The standard InChI is InChI=1S/C18H28O2/c1-7-16(13-12-15(3)4)11-9-10-14-18(5,6)20-17(19)8-2/h7-8,10,12,14,16H,1-2,9,11,13H2,3-6H3/b14-10+. The van der Waals surface area contributed by atoms with Crippen molar-refractivity contribution in [2.75, 3.05) is 0 Å². The smallest absolute Gasteiger partial charge is 0.330 e. The number of hydrogen-bond acceptors (Lipinski definition) is 2. The lowest BCUT2D eigenvalue weighted by molar-refractivity contribution is -0.146. The van der Waals surface area contributed by atoms with Gasteiger partial charge in [-0.3, -0.25) is 0 Å². The molecule has 1 unspecified atom stereocenters. The van der Waals surface area contributed by atoms with E-state index >= 15 is 0 Å². The molecule has 0 aliphatic carbocycles. The van der Waals surface area contributed by atoms with Crippen molar-refractivity contribution in [1.82, 2.24) is 0 Å². The molecule has 0 aromatic carbocycles. The van der Waals surface area contributed by atoms with Gasteiger partial charge in [-0.1, -0.05) is 30.4 Å². The fourth-order valence-electron chi connectivity index (χ4n) is 1.73. The van der Waals surface area contributed by atoms with Crippen molar-refractivity contribution in [3.63, 3.8) is 0 Å². The van der Waals surface area contributed by atoms with Gasteiger partial charge in [0.05, 0.1) is 0 Å². The van der Waals surface area contributed by atoms with Crippen molar-refractivity contribution in [2.24, 2.45) is 5.92 Å². The van der Waals surface area contributed by atoms with Crippen molar-refractivity contribution >= 4 is 5.97 Å². The van der Waals surface area contributed by atoms with Gasteiger partial charge in [-0.2, -0.15) is 0 Å². The molecule has 0 saturated heterocycles. The van der Waals surface area contributed by atoms with E-state index in [1.165, 1.54) is 11.6 Å². The van der Waals surface area contributed by atoms with Gasteiger partial charge in [-0.05, 0) is 59.0 Å². The van der Waals surface area contributed by atoms with E-state index in [0.717, 1.165) is 19.3 Å². The molecule has 0 aliphatic rings. The number of hydrogen-bond donors (Lipinski definition) is 0. The minimum atomic E-state index is -0.588. The van der Waals surface area contributed by atoms with Crippen LogP contribution in [0.15, 0.2) is 49.1 Å². The zero-order chi connectivity index (χ0) is 15.6. The molecule has 0 fully saturated rings. The molecule has 0 aromatic rings. The van der Waals surface area contributed by atoms with Gasteiger partial charge in [0.25, 0.3) is 0 Å². The summed E-state index contributed by atoms with van der Waals surface area (Å²) in [4.78, 5) is 11.2. The Kier molecular flexibility index (Phi) is 8.62. The van der Waals surface area contributed by atoms with Crippen LogP contribution in [0.4, 0.5) is 0 Å². The van der Waals surface area contributed by atoms with Crippen LogP contribution in [0.1, 0.15) is 47.0 Å². The number of esters is 1. The summed E-state index contributed by atoms with van der Waals surface area (Å²) in [5, 5.41) is 0. The van der Waals surface area contributed by atoms with E-state index in [2.05, 4.69) is 39.2 Å². The topological polar surface area (TPSA) is 26.3 Å². The molecule has 0 aliphatic heterocycles. The van der Waals surface area contributed by atoms with E-state index in [0.29, 0.717) is 5.92 Å². The van der Waals surface area contributed by atoms with Gasteiger partial charge in [0, 0.05) is 6.08 Å². The van der Waals surface area contributed by atoms with E-state index in [1.807, 2.05) is 26.0 Å². The van der Waals surface area contributed by atoms with E-state index < -0.39 is 11.6 Å². The van der Waals surface area contributed by atoms with E-state index in [1.54, 1.807) is 0 Å². The second-order valence-corrected chi connectivity index (χ2v) is 5.72. The summed E-state index contributed by atoms with van der Waals surface area (Å²) in [7, 11) is 0. The van der Waals surface area contributed by atoms with Crippen molar-refractivity contribution in [3.05, 3.63) is 49.1 Å². The Morgan fingerprint density at radius 3 is 2.45 bits per heavy atom. The summed E-state index contributed by atoms with van der Waals surface area (Å²) in [6, 6.07) is 0. The lowest BCUT2D eigenvalue weighted by Crippen LogP contribution is -2.24. The normalized spacial score (nSPS) is 12.8. The third-order valence-corrected chi connectivity index (χ3v) is 2.92. The summed E-state index contributed by atoms with van der Waals surface area (Å²) >= 11 is 0. The minimum Gasteiger partial charge on any atom is -0.452 e. The van der Waals surface area contributed by atoms with Gasteiger partial charge in [-0.15, -0.1) is 6.58 Å². The lowest BCUT2D eigenvalue weighted by atomic mass is 9.97. The average molecular weight is 276 g/mol. The molecule has 0 aromatic heterocycles. The van der Waals surface area contributed by atoms with E-state index in [-0.39, 0.29) is 0 Å². The first kappa shape index (κ1) is 18.4. The van der Waals surface area contributed by atoms with Crippen molar-refractivity contribution < 1.29 is 9.53 Å². The molecule has 2 heteroatoms. The third-order valence-electron chi connectivity index (χ3n) is 2.92. The predicted octanol–water partition coefficient (Wildman–Crippen LogP) is 4.99. The van der Waals surface area contributed by atoms with Crippen molar-refractivity contribution in [2.45, 2.75) is 52.6 Å². The molecule has 0 spiro atoms. The Bertz CT molecular complexity index is 382. The molecular formula is C18H28O2. The second kappa shape index (κ2) is 9.35. The molecule has 0 N–H and O–H groups in total. The van der Waals surface area contributed by atoms with Crippen LogP contribution in [-0.2, 0) is 9.53 Å². The molecule has 0 radical (unpaired) electrons. The number of ether oxygens (including phenoxy) is 1. The van der Waals surface area contributed by atoms with Gasteiger partial charge >= 0.3 is 5.97 Å². The maximum Gasteiger partial charge on any atom is 0.330 e. The summed E-state index contributed by atoms with van der Waals surface area (Å²) in [5.74, 6) is 0.0977. The average Bonchev–Trinajstić information content (AvgIpc) is 2.36. The molecule has 0 bridgehead atoms. The molecule has 112 valence electrons. The molecule has 2 nitrogen and oxygen atoms in total. The Hall–Kier alpha value is -1.57. The number of rotatable bonds is 9. The Balaban J connectivity index is 4.22. The van der Waals surface area contributed by atoms with Gasteiger partial charge in [0.1, 0.15) is 5.60 Å². The monoisotopic (exact) mass is 276 g/mol. The summed E-state index contributed by atoms with van der Waals surface area (Å²) in [6.45, 7) is 15.2. The fourth-order valence-corrected chi connectivity index (χ4v) is 1.73. The first-order valence-corrected chi connectivity index (χ1v) is 7.09. The van der Waals surface area contributed by atoms with Crippen LogP contribution in [-0.4, -0.2) is 11.6 Å². The molecule has 0 heterocycles. The highest BCUT2D eigenvalue weighted by Gasteiger charge is 2.17. The minimum absolute atomic E-state index is 0.396. The molecule has 0 amide bonds. The van der Waals surface area contributed by atoms with E-state index in [9.17, 15) is 4.79 Å². The molecule has 1 atom stereocenters. The van der Waals surface area contributed by atoms with Crippen molar-refractivity contribution in [3.8, 4) is 0 Å². The zero-order valence-electron chi connectivity index (χ0n) is 13.3. The highest BCUT2D eigenvalue weighted by atomic mass is 16.6. The Labute approximate surface area is 123 Å². The Morgan fingerprint density at radius 2 is 1.95 bits per heavy atom. The van der Waals surface area contributed by atoms with Crippen LogP contribution in [0.5, 0.6) is 0 Å². The number of allylic oxidation sites excluding steroid dienone is 4. The first-order chi connectivity index (χ1) is 9.30. The predicted molar refractivity (Wildman–Crippen MR) is 86.5 cm³/mol. The quantitative estimate of drug-likeness (QED) is 0.337. The largest absolute Gasteiger partial charge is 0.452 e. The second-order valence-electron chi connectivity index (χ2n) is 5.72. The number of carbonyl (C=O) groups is 1. The van der Waals surface area contributed by atoms with Gasteiger partial charge < -0.3 is 4.74 Å². The maximum atomic E-state index is 11.2. The van der Waals surface area contributed by atoms with Crippen LogP contribution >= 0.6 is 0 Å². The molecule has 0 rings (SSSR count). The first-order valence-electron chi connectivity index (χ1n) is 7.09. The van der Waals surface area contributed by atoms with Crippen LogP contribution in [0.25, 0.3) is 0 Å². The maximum absolute atomic E-state index is 11.2. The van der Waals surface area contributed by atoms with Crippen LogP contribution in [0.2, 0.25) is 0 Å². The van der Waals surface area contributed by atoms with Gasteiger partial charge in [0.2, 0.25) is 0 Å². The lowest BCUT2D eigenvalue weighted by Gasteiger charge is -2.20. The zero-order valence-corrected chi connectivity index (χ0v) is 13.3. The Morgan fingerprint density at radius 1 is 1.30 bits per heavy atom. The van der Waals surface area contributed by atoms with E-state index in [4.69, 9.17) is 4.74 Å².